The van der Waals surface area contributed by atoms with E-state index in [-0.39, 0.29) is 11.8 Å². The van der Waals surface area contributed by atoms with Crippen molar-refractivity contribution in [1.82, 2.24) is 4.90 Å². The molecule has 3 rings (SSSR count). The quantitative estimate of drug-likeness (QED) is 0.713. The van der Waals surface area contributed by atoms with Crippen LogP contribution in [0.2, 0.25) is 0 Å². The van der Waals surface area contributed by atoms with E-state index in [0.717, 1.165) is 29.1 Å². The molecule has 4 nitrogen and oxygen atoms in total. The van der Waals surface area contributed by atoms with Crippen molar-refractivity contribution in [3.05, 3.63) is 64.9 Å². The second-order valence-corrected chi connectivity index (χ2v) is 7.17. The molecule has 0 atom stereocenters. The molecule has 0 bridgehead atoms. The summed E-state index contributed by atoms with van der Waals surface area (Å²) in [5.41, 5.74) is 1.88. The number of carbonyl (C=O) groups is 2. The van der Waals surface area contributed by atoms with E-state index in [1.165, 1.54) is 0 Å². The average Bonchev–Trinajstić information content (AvgIpc) is 3.27. The van der Waals surface area contributed by atoms with E-state index >= 15 is 0 Å². The lowest BCUT2D eigenvalue weighted by molar-refractivity contribution is -0.130. The third-order valence-corrected chi connectivity index (χ3v) is 5.17. The molecule has 2 amide bonds. The summed E-state index contributed by atoms with van der Waals surface area (Å²) in [5, 5.41) is 2.02. The highest BCUT2D eigenvalue weighted by Crippen LogP contribution is 2.22. The molecule has 1 aliphatic heterocycles. The Morgan fingerprint density at radius 3 is 2.68 bits per heavy atom. The molecule has 2 heterocycles. The average molecular weight is 354 g/mol. The van der Waals surface area contributed by atoms with Gasteiger partial charge in [0, 0.05) is 30.1 Å². The molecule has 0 saturated carbocycles. The zero-order valence-corrected chi connectivity index (χ0v) is 15.0. The van der Waals surface area contributed by atoms with Gasteiger partial charge >= 0.3 is 0 Å². The fraction of sp³-hybridized carbons (Fsp3) is 0.300. The van der Waals surface area contributed by atoms with Gasteiger partial charge in [-0.15, -0.1) is 17.9 Å². The van der Waals surface area contributed by atoms with Crippen molar-refractivity contribution in [2.24, 2.45) is 0 Å². The molecule has 1 aromatic carbocycles. The van der Waals surface area contributed by atoms with Gasteiger partial charge in [-0.1, -0.05) is 24.3 Å². The summed E-state index contributed by atoms with van der Waals surface area (Å²) < 4.78 is 0. The van der Waals surface area contributed by atoms with Gasteiger partial charge in [-0.3, -0.25) is 9.59 Å². The minimum absolute atomic E-state index is 0.0818. The van der Waals surface area contributed by atoms with Crippen LogP contribution in [0.4, 0.5) is 5.69 Å². The van der Waals surface area contributed by atoms with Crippen molar-refractivity contribution in [3.63, 3.8) is 0 Å². The highest BCUT2D eigenvalue weighted by molar-refractivity contribution is 7.09. The molecule has 0 N–H and O–H groups in total. The zero-order valence-electron chi connectivity index (χ0n) is 14.2. The highest BCUT2D eigenvalue weighted by atomic mass is 32.1. The lowest BCUT2D eigenvalue weighted by Gasteiger charge is -2.21. The summed E-state index contributed by atoms with van der Waals surface area (Å²) in [6.45, 7) is 5.69. The fourth-order valence-corrected chi connectivity index (χ4v) is 3.72. The molecule has 1 saturated heterocycles. The minimum Gasteiger partial charge on any atom is -0.334 e. The number of anilines is 1. The number of amides is 2. The van der Waals surface area contributed by atoms with Gasteiger partial charge in [0.25, 0.3) is 0 Å². The summed E-state index contributed by atoms with van der Waals surface area (Å²) in [4.78, 5) is 29.2. The van der Waals surface area contributed by atoms with Gasteiger partial charge in [-0.2, -0.15) is 0 Å². The Morgan fingerprint density at radius 1 is 1.28 bits per heavy atom. The van der Waals surface area contributed by atoms with Crippen molar-refractivity contribution in [3.8, 4) is 0 Å². The maximum Gasteiger partial charge on any atom is 0.227 e. The van der Waals surface area contributed by atoms with E-state index in [2.05, 4.69) is 6.58 Å². The van der Waals surface area contributed by atoms with Gasteiger partial charge in [0.15, 0.2) is 0 Å². The van der Waals surface area contributed by atoms with Gasteiger partial charge in [0.05, 0.1) is 13.0 Å². The highest BCUT2D eigenvalue weighted by Gasteiger charge is 2.21. The first kappa shape index (κ1) is 17.4. The van der Waals surface area contributed by atoms with E-state index in [0.29, 0.717) is 25.9 Å². The number of nitrogens with zero attached hydrogens (tertiary/aromatic N) is 2. The van der Waals surface area contributed by atoms with Gasteiger partial charge in [0.2, 0.25) is 11.8 Å². The van der Waals surface area contributed by atoms with Crippen molar-refractivity contribution >= 4 is 28.8 Å². The first-order chi connectivity index (χ1) is 12.2. The van der Waals surface area contributed by atoms with Crippen LogP contribution in [-0.2, 0) is 22.6 Å². The molecule has 5 heteroatoms. The van der Waals surface area contributed by atoms with Crippen LogP contribution in [0.5, 0.6) is 0 Å². The van der Waals surface area contributed by atoms with Crippen LogP contribution in [0.15, 0.2) is 54.4 Å². The number of rotatable bonds is 7. The number of hydrogen-bond donors (Lipinski definition) is 0. The predicted molar refractivity (Wildman–Crippen MR) is 102 cm³/mol. The maximum absolute atomic E-state index is 12.6. The van der Waals surface area contributed by atoms with Crippen LogP contribution in [-0.4, -0.2) is 29.8 Å². The molecular formula is C20H22N2O2S. The van der Waals surface area contributed by atoms with Crippen LogP contribution >= 0.6 is 11.3 Å². The monoisotopic (exact) mass is 354 g/mol. The van der Waals surface area contributed by atoms with Gasteiger partial charge in [0.1, 0.15) is 0 Å². The Morgan fingerprint density at radius 2 is 2.08 bits per heavy atom. The lowest BCUT2D eigenvalue weighted by atomic mass is 10.1. The SMILES string of the molecule is C=CCN(Cc1cccs1)C(=O)Cc1ccc(N2CCCC2=O)cc1. The smallest absolute Gasteiger partial charge is 0.227 e. The van der Waals surface area contributed by atoms with E-state index in [1.54, 1.807) is 17.4 Å². The van der Waals surface area contributed by atoms with Gasteiger partial charge in [-0.05, 0) is 35.6 Å². The molecule has 0 radical (unpaired) electrons. The van der Waals surface area contributed by atoms with E-state index in [4.69, 9.17) is 0 Å². The minimum atomic E-state index is 0.0818. The van der Waals surface area contributed by atoms with Gasteiger partial charge in [-0.25, -0.2) is 0 Å². The second-order valence-electron chi connectivity index (χ2n) is 6.13. The van der Waals surface area contributed by atoms with Crippen LogP contribution in [0.3, 0.4) is 0 Å². The summed E-state index contributed by atoms with van der Waals surface area (Å²) in [5.74, 6) is 0.259. The third kappa shape index (κ3) is 4.37. The largest absolute Gasteiger partial charge is 0.334 e. The number of benzene rings is 1. The summed E-state index contributed by atoms with van der Waals surface area (Å²) >= 11 is 1.65. The van der Waals surface area contributed by atoms with Crippen LogP contribution in [0.1, 0.15) is 23.3 Å². The molecular weight excluding hydrogens is 332 g/mol. The molecule has 1 aliphatic rings. The number of thiophene rings is 1. The molecule has 2 aromatic rings. The first-order valence-electron chi connectivity index (χ1n) is 8.47. The summed E-state index contributed by atoms with van der Waals surface area (Å²) in [6.07, 6.45) is 3.65. The summed E-state index contributed by atoms with van der Waals surface area (Å²) in [6, 6.07) is 11.8. The second kappa shape index (κ2) is 8.12. The van der Waals surface area contributed by atoms with Crippen molar-refractivity contribution in [2.45, 2.75) is 25.8 Å². The fourth-order valence-electron chi connectivity index (χ4n) is 3.00. The molecule has 0 spiro atoms. The zero-order chi connectivity index (χ0) is 17.6. The Bertz CT molecular complexity index is 738. The van der Waals surface area contributed by atoms with Crippen molar-refractivity contribution in [1.29, 1.82) is 0 Å². The Hall–Kier alpha value is -2.40. The van der Waals surface area contributed by atoms with Crippen LogP contribution in [0, 0.1) is 0 Å². The lowest BCUT2D eigenvalue weighted by Crippen LogP contribution is -2.31. The van der Waals surface area contributed by atoms with Crippen LogP contribution < -0.4 is 4.90 Å². The first-order valence-corrected chi connectivity index (χ1v) is 9.35. The predicted octanol–water partition coefficient (Wildman–Crippen LogP) is 3.63. The van der Waals surface area contributed by atoms with E-state index in [9.17, 15) is 9.59 Å². The molecule has 25 heavy (non-hydrogen) atoms. The number of hydrogen-bond acceptors (Lipinski definition) is 3. The van der Waals surface area contributed by atoms with Gasteiger partial charge < -0.3 is 9.80 Å². The van der Waals surface area contributed by atoms with Crippen molar-refractivity contribution in [2.75, 3.05) is 18.0 Å². The maximum atomic E-state index is 12.6. The topological polar surface area (TPSA) is 40.6 Å². The normalized spacial score (nSPS) is 13.9. The standard InChI is InChI=1S/C20H22N2O2S/c1-2-11-21(15-18-5-4-13-25-18)20(24)14-16-7-9-17(10-8-16)22-12-3-6-19(22)23/h2,4-5,7-10,13H,1,3,6,11-12,14-15H2. The molecule has 1 aromatic heterocycles. The molecule has 1 fully saturated rings. The molecule has 0 aliphatic carbocycles. The Balaban J connectivity index is 1.64. The Kier molecular flexibility index (Phi) is 5.66. The summed E-state index contributed by atoms with van der Waals surface area (Å²) in [7, 11) is 0. The third-order valence-electron chi connectivity index (χ3n) is 4.31. The number of carbonyl (C=O) groups excluding carboxylic acids is 2. The van der Waals surface area contributed by atoms with E-state index < -0.39 is 0 Å². The molecule has 0 unspecified atom stereocenters. The van der Waals surface area contributed by atoms with Crippen LogP contribution in [0.25, 0.3) is 0 Å². The van der Waals surface area contributed by atoms with E-state index in [1.807, 2.05) is 51.6 Å². The molecule has 130 valence electrons. The Labute approximate surface area is 152 Å². The van der Waals surface area contributed by atoms with Crippen molar-refractivity contribution < 1.29 is 9.59 Å².